The molecule has 5 nitrogen and oxygen atoms in total. The summed E-state index contributed by atoms with van der Waals surface area (Å²) in [6, 6.07) is 1.84. The van der Waals surface area contributed by atoms with Crippen LogP contribution in [0.25, 0.3) is 0 Å². The van der Waals surface area contributed by atoms with Crippen LogP contribution in [0.5, 0.6) is 0 Å². The molecule has 5 N–H and O–H groups in total. The van der Waals surface area contributed by atoms with Crippen molar-refractivity contribution < 1.29 is 13.6 Å². The Bertz CT molecular complexity index is 464. The number of amidine groups is 1. The molecule has 0 aliphatic carbocycles. The van der Waals surface area contributed by atoms with Gasteiger partial charge in [-0.1, -0.05) is 0 Å². The molecule has 0 fully saturated rings. The molecule has 1 atom stereocenters. The molecule has 0 radical (unpaired) electrons. The van der Waals surface area contributed by atoms with Gasteiger partial charge < -0.3 is 16.4 Å². The third-order valence-corrected chi connectivity index (χ3v) is 2.08. The van der Waals surface area contributed by atoms with Gasteiger partial charge in [-0.15, -0.1) is 0 Å². The minimum atomic E-state index is -0.857. The minimum absolute atomic E-state index is 0.0595. The molecule has 0 saturated heterocycles. The van der Waals surface area contributed by atoms with Crippen molar-refractivity contribution in [3.63, 3.8) is 0 Å². The summed E-state index contributed by atoms with van der Waals surface area (Å²) in [4.78, 5) is 11.4. The van der Waals surface area contributed by atoms with Gasteiger partial charge in [-0.25, -0.2) is 13.6 Å². The average Bonchev–Trinajstić information content (AvgIpc) is 2.20. The molecule has 0 saturated carbocycles. The number of nitrogens with one attached hydrogen (secondary N) is 3. The van der Waals surface area contributed by atoms with E-state index in [0.717, 1.165) is 12.1 Å². The van der Waals surface area contributed by atoms with Crippen LogP contribution >= 0.6 is 0 Å². The minimum Gasteiger partial charge on any atom is -0.388 e. The van der Waals surface area contributed by atoms with Gasteiger partial charge in [0.15, 0.2) is 0 Å². The zero-order valence-electron chi connectivity index (χ0n) is 9.76. The Morgan fingerprint density at radius 1 is 1.50 bits per heavy atom. The number of hydrogen-bond acceptors (Lipinski definition) is 2. The number of amides is 2. The molecule has 98 valence electrons. The van der Waals surface area contributed by atoms with Crippen LogP contribution in [-0.4, -0.2) is 17.9 Å². The summed E-state index contributed by atoms with van der Waals surface area (Å²) in [6.07, 6.45) is 0.194. The van der Waals surface area contributed by atoms with Crippen molar-refractivity contribution in [1.29, 1.82) is 5.41 Å². The van der Waals surface area contributed by atoms with Gasteiger partial charge in [0.05, 0.1) is 11.5 Å². The summed E-state index contributed by atoms with van der Waals surface area (Å²) in [7, 11) is 0. The third-order valence-electron chi connectivity index (χ3n) is 2.08. The van der Waals surface area contributed by atoms with Crippen molar-refractivity contribution in [3.05, 3.63) is 29.8 Å². The van der Waals surface area contributed by atoms with Gasteiger partial charge in [0.2, 0.25) is 0 Å². The second-order valence-electron chi connectivity index (χ2n) is 3.85. The quantitative estimate of drug-likeness (QED) is 0.488. The van der Waals surface area contributed by atoms with E-state index in [1.807, 2.05) is 0 Å². The van der Waals surface area contributed by atoms with E-state index < -0.39 is 17.7 Å². The molecule has 0 bridgehead atoms. The van der Waals surface area contributed by atoms with E-state index in [9.17, 15) is 13.6 Å². The van der Waals surface area contributed by atoms with Gasteiger partial charge in [0.25, 0.3) is 0 Å². The predicted molar refractivity (Wildman–Crippen MR) is 64.5 cm³/mol. The Morgan fingerprint density at radius 2 is 2.17 bits per heavy atom. The zero-order chi connectivity index (χ0) is 13.7. The van der Waals surface area contributed by atoms with Crippen LogP contribution in [0.15, 0.2) is 18.2 Å². The van der Waals surface area contributed by atoms with Crippen LogP contribution in [0.4, 0.5) is 19.3 Å². The molecule has 0 aliphatic rings. The zero-order valence-corrected chi connectivity index (χ0v) is 9.76. The fraction of sp³-hybridized carbons (Fsp3) is 0.273. The monoisotopic (exact) mass is 256 g/mol. The topological polar surface area (TPSA) is 91.0 Å². The van der Waals surface area contributed by atoms with Crippen molar-refractivity contribution in [3.8, 4) is 0 Å². The van der Waals surface area contributed by atoms with Crippen molar-refractivity contribution in [2.24, 2.45) is 5.73 Å². The van der Waals surface area contributed by atoms with Gasteiger partial charge in [0.1, 0.15) is 11.6 Å². The van der Waals surface area contributed by atoms with Gasteiger partial charge in [0, 0.05) is 18.5 Å². The van der Waals surface area contributed by atoms with Crippen LogP contribution in [-0.2, 0) is 0 Å². The number of halogens is 2. The largest absolute Gasteiger partial charge is 0.388 e. The summed E-state index contributed by atoms with van der Waals surface area (Å²) < 4.78 is 25.9. The number of anilines is 1. The molecule has 0 spiro atoms. The summed E-state index contributed by atoms with van der Waals surface area (Å²) in [5, 5.41) is 11.8. The number of hydrogen-bond donors (Lipinski definition) is 4. The number of carbonyl (C=O) groups excluding carboxylic acids is 1. The van der Waals surface area contributed by atoms with Crippen molar-refractivity contribution in [2.45, 2.75) is 19.4 Å². The van der Waals surface area contributed by atoms with E-state index in [-0.39, 0.29) is 24.0 Å². The summed E-state index contributed by atoms with van der Waals surface area (Å²) >= 11 is 0. The first-order valence-corrected chi connectivity index (χ1v) is 5.24. The fourth-order valence-corrected chi connectivity index (χ4v) is 1.35. The molecular weight excluding hydrogens is 242 g/mol. The van der Waals surface area contributed by atoms with E-state index in [4.69, 9.17) is 11.1 Å². The molecule has 1 rings (SSSR count). The van der Waals surface area contributed by atoms with Crippen molar-refractivity contribution in [2.75, 3.05) is 5.32 Å². The Hall–Kier alpha value is -2.18. The molecule has 0 aliphatic heterocycles. The lowest BCUT2D eigenvalue weighted by Crippen LogP contribution is -2.38. The molecule has 1 aromatic carbocycles. The first kappa shape index (κ1) is 13.9. The highest BCUT2D eigenvalue weighted by Crippen LogP contribution is 2.14. The summed E-state index contributed by atoms with van der Waals surface area (Å²) in [5.74, 6) is -1.64. The highest BCUT2D eigenvalue weighted by Gasteiger charge is 2.11. The fourth-order valence-electron chi connectivity index (χ4n) is 1.35. The van der Waals surface area contributed by atoms with Crippen LogP contribution in [0.2, 0.25) is 0 Å². The summed E-state index contributed by atoms with van der Waals surface area (Å²) in [5.41, 5.74) is 5.05. The normalized spacial score (nSPS) is 11.7. The lowest BCUT2D eigenvalue weighted by Gasteiger charge is -2.14. The second-order valence-corrected chi connectivity index (χ2v) is 3.85. The molecule has 2 amide bonds. The highest BCUT2D eigenvalue weighted by atomic mass is 19.1. The van der Waals surface area contributed by atoms with Gasteiger partial charge >= 0.3 is 6.03 Å². The van der Waals surface area contributed by atoms with E-state index in [1.54, 1.807) is 6.92 Å². The van der Waals surface area contributed by atoms with Crippen LogP contribution < -0.4 is 16.4 Å². The van der Waals surface area contributed by atoms with Gasteiger partial charge in [-0.3, -0.25) is 5.41 Å². The number of rotatable bonds is 4. The predicted octanol–water partition coefficient (Wildman–Crippen LogP) is 1.80. The van der Waals surface area contributed by atoms with E-state index >= 15 is 0 Å². The number of urea groups is 1. The van der Waals surface area contributed by atoms with Crippen LogP contribution in [0, 0.1) is 17.0 Å². The van der Waals surface area contributed by atoms with Crippen LogP contribution in [0.3, 0.4) is 0 Å². The number of carbonyl (C=O) groups is 1. The van der Waals surface area contributed by atoms with E-state index in [1.165, 1.54) is 0 Å². The molecule has 1 unspecified atom stereocenters. The molecule has 1 aromatic rings. The maximum Gasteiger partial charge on any atom is 0.319 e. The third kappa shape index (κ3) is 4.36. The Kier molecular flexibility index (Phi) is 4.59. The molecular formula is C11H14F2N4O. The molecule has 0 aromatic heterocycles. The maximum absolute atomic E-state index is 13.2. The second kappa shape index (κ2) is 5.95. The van der Waals surface area contributed by atoms with E-state index in [2.05, 4.69) is 10.6 Å². The van der Waals surface area contributed by atoms with E-state index in [0.29, 0.717) is 6.07 Å². The Balaban J connectivity index is 2.56. The lowest BCUT2D eigenvalue weighted by atomic mass is 10.2. The first-order chi connectivity index (χ1) is 8.38. The Labute approximate surface area is 103 Å². The smallest absolute Gasteiger partial charge is 0.319 e. The number of benzene rings is 1. The van der Waals surface area contributed by atoms with Crippen molar-refractivity contribution >= 4 is 17.6 Å². The number of nitrogens with two attached hydrogens (primary N) is 1. The van der Waals surface area contributed by atoms with Crippen LogP contribution in [0.1, 0.15) is 13.3 Å². The molecule has 18 heavy (non-hydrogen) atoms. The molecule has 0 heterocycles. The molecule has 7 heteroatoms. The Morgan fingerprint density at radius 3 is 2.72 bits per heavy atom. The highest BCUT2D eigenvalue weighted by molar-refractivity contribution is 5.90. The van der Waals surface area contributed by atoms with Gasteiger partial charge in [-0.2, -0.15) is 0 Å². The average molecular weight is 256 g/mol. The standard InChI is InChI=1S/C11H14F2N4O/c1-6(4-10(14)15)16-11(18)17-9-3-2-7(12)5-8(9)13/h2-3,5-6H,4H2,1H3,(H3,14,15)(H2,16,17,18). The maximum atomic E-state index is 13.2. The summed E-state index contributed by atoms with van der Waals surface area (Å²) in [6.45, 7) is 1.65. The van der Waals surface area contributed by atoms with Crippen molar-refractivity contribution in [1.82, 2.24) is 5.32 Å². The SMILES string of the molecule is CC(CC(=N)N)NC(=O)Nc1ccc(F)cc1F. The lowest BCUT2D eigenvalue weighted by molar-refractivity contribution is 0.249. The first-order valence-electron chi connectivity index (χ1n) is 5.24. The van der Waals surface area contributed by atoms with Gasteiger partial charge in [-0.05, 0) is 19.1 Å².